The van der Waals surface area contributed by atoms with Gasteiger partial charge >= 0.3 is 7.60 Å². The van der Waals surface area contributed by atoms with Crippen molar-refractivity contribution in [2.45, 2.75) is 51.4 Å². The summed E-state index contributed by atoms with van der Waals surface area (Å²) in [6.07, 6.45) is 2.51. The number of benzene rings is 2. The summed E-state index contributed by atoms with van der Waals surface area (Å²) in [4.78, 5) is 8.00. The van der Waals surface area contributed by atoms with Crippen LogP contribution >= 0.6 is 7.60 Å². The predicted octanol–water partition coefficient (Wildman–Crippen LogP) is 7.44. The third-order valence-electron chi connectivity index (χ3n) is 7.11. The van der Waals surface area contributed by atoms with Crippen LogP contribution in [-0.2, 0) is 29.7 Å². The van der Waals surface area contributed by atoms with Crippen molar-refractivity contribution in [3.05, 3.63) is 64.7 Å². The van der Waals surface area contributed by atoms with Crippen LogP contribution in [0.2, 0.25) is 0 Å². The Balaban J connectivity index is 0.000000311. The Morgan fingerprint density at radius 2 is 1.73 bits per heavy atom. The van der Waals surface area contributed by atoms with Crippen molar-refractivity contribution in [3.8, 4) is 5.75 Å². The highest BCUT2D eigenvalue weighted by molar-refractivity contribution is 7.52. The molecule has 2 aliphatic rings. The van der Waals surface area contributed by atoms with Gasteiger partial charge in [-0.25, -0.2) is 17.6 Å². The van der Waals surface area contributed by atoms with Gasteiger partial charge in [0.25, 0.3) is 5.92 Å². The van der Waals surface area contributed by atoms with Crippen LogP contribution in [-0.4, -0.2) is 33.8 Å². The first-order valence-electron chi connectivity index (χ1n) is 11.9. The van der Waals surface area contributed by atoms with E-state index in [4.69, 9.17) is 18.6 Å². The van der Waals surface area contributed by atoms with Crippen LogP contribution in [0.5, 0.6) is 5.75 Å². The van der Waals surface area contributed by atoms with Crippen molar-refractivity contribution in [2.24, 2.45) is 11.8 Å². The zero-order valence-corrected chi connectivity index (χ0v) is 22.8. The van der Waals surface area contributed by atoms with E-state index in [2.05, 4.69) is 0 Å². The lowest BCUT2D eigenvalue weighted by atomic mass is 9.59. The lowest BCUT2D eigenvalue weighted by Crippen LogP contribution is -2.48. The minimum atomic E-state index is -3.07. The van der Waals surface area contributed by atoms with Gasteiger partial charge < -0.3 is 18.6 Å². The van der Waals surface area contributed by atoms with Gasteiger partial charge in [0.2, 0.25) is 0 Å². The number of fused-ring (bicyclic) bond motifs is 3. The van der Waals surface area contributed by atoms with Gasteiger partial charge in [0.05, 0.1) is 13.2 Å². The summed E-state index contributed by atoms with van der Waals surface area (Å²) >= 11 is 0. The zero-order chi connectivity index (χ0) is 28.0. The van der Waals surface area contributed by atoms with Gasteiger partial charge in [0.1, 0.15) is 12.6 Å². The standard InChI is InChI=1S/C17H23F2O4P.C9H10F2.CH2O/c1-17-8-4-5-11(9-23-24(3,20)21-2)12(17)10-22-16-14(19)7-6-13(18)15(16)17;1-7-3-5-8(6-4-7)9(2,10)11;1-2/h6-7,11-12H,4-5,8-10H2,1-3H3;3-6H,1-2H3;1H2/t11?,12-,17+,24+;;/m0../s1. The van der Waals surface area contributed by atoms with E-state index in [9.17, 15) is 22.1 Å². The van der Waals surface area contributed by atoms with Crippen LogP contribution in [0.15, 0.2) is 36.4 Å². The lowest BCUT2D eigenvalue weighted by molar-refractivity contribution is -0.0980. The van der Waals surface area contributed by atoms with Crippen molar-refractivity contribution in [1.29, 1.82) is 0 Å². The van der Waals surface area contributed by atoms with E-state index in [1.54, 1.807) is 12.1 Å². The highest BCUT2D eigenvalue weighted by Gasteiger charge is 2.50. The highest BCUT2D eigenvalue weighted by atomic mass is 31.2. The zero-order valence-electron chi connectivity index (χ0n) is 21.9. The number of carbonyl (C=O) groups is 1. The maximum absolute atomic E-state index is 14.5. The lowest BCUT2D eigenvalue weighted by Gasteiger charge is -2.49. The monoisotopic (exact) mass is 546 g/mol. The molecule has 1 fully saturated rings. The molecule has 1 aliphatic carbocycles. The summed E-state index contributed by atoms with van der Waals surface area (Å²) in [6.45, 7) is 8.73. The molecule has 1 heterocycles. The first-order chi connectivity index (χ1) is 17.3. The molecule has 0 aromatic heterocycles. The van der Waals surface area contributed by atoms with Crippen LogP contribution in [0, 0.1) is 30.4 Å². The number of aryl methyl sites for hydroxylation is 1. The number of halogens is 4. The topological polar surface area (TPSA) is 61.8 Å². The molecule has 1 unspecified atom stereocenters. The normalized spacial score (nSPS) is 24.0. The molecule has 1 saturated carbocycles. The molecule has 2 aromatic rings. The van der Waals surface area contributed by atoms with E-state index in [0.29, 0.717) is 12.2 Å². The Morgan fingerprint density at radius 3 is 2.30 bits per heavy atom. The Kier molecular flexibility index (Phi) is 10.5. The number of ether oxygens (including phenoxy) is 1. The largest absolute Gasteiger partial charge is 0.490 e. The van der Waals surface area contributed by atoms with Crippen molar-refractivity contribution in [1.82, 2.24) is 0 Å². The second-order valence-corrected chi connectivity index (χ2v) is 11.9. The Bertz CT molecular complexity index is 1090. The maximum atomic E-state index is 14.5. The SMILES string of the molecule is C=O.CO[P@@](C)(=O)OCC1CCC[C@@]2(C)c3c(F)ccc(F)c3OC[C@@H]12.Cc1ccc(C(C)(F)F)cc1. The molecule has 0 spiro atoms. The molecule has 0 radical (unpaired) electrons. The van der Waals surface area contributed by atoms with Gasteiger partial charge in [0.15, 0.2) is 11.6 Å². The molecule has 4 rings (SSSR count). The van der Waals surface area contributed by atoms with Gasteiger partial charge in [-0.1, -0.05) is 43.2 Å². The fraction of sp³-hybridized carbons (Fsp3) is 0.519. The molecule has 0 bridgehead atoms. The van der Waals surface area contributed by atoms with Crippen LogP contribution in [0.1, 0.15) is 49.8 Å². The third kappa shape index (κ3) is 7.43. The number of hydrogen-bond donors (Lipinski definition) is 0. The van der Waals surface area contributed by atoms with Crippen LogP contribution < -0.4 is 4.74 Å². The molecule has 5 nitrogen and oxygen atoms in total. The minimum Gasteiger partial charge on any atom is -0.490 e. The summed E-state index contributed by atoms with van der Waals surface area (Å²) in [5, 5.41) is 0. The summed E-state index contributed by atoms with van der Waals surface area (Å²) in [5.74, 6) is -3.60. The first-order valence-corrected chi connectivity index (χ1v) is 13.9. The van der Waals surface area contributed by atoms with Crippen molar-refractivity contribution < 1.29 is 40.7 Å². The average molecular weight is 547 g/mol. The summed E-state index contributed by atoms with van der Waals surface area (Å²) < 4.78 is 81.6. The second kappa shape index (κ2) is 12.5. The average Bonchev–Trinajstić information content (AvgIpc) is 2.85. The molecule has 0 N–H and O–H groups in total. The van der Waals surface area contributed by atoms with Crippen LogP contribution in [0.4, 0.5) is 17.6 Å². The van der Waals surface area contributed by atoms with Gasteiger partial charge in [-0.05, 0) is 37.8 Å². The third-order valence-corrected chi connectivity index (χ3v) is 8.39. The van der Waals surface area contributed by atoms with Gasteiger partial charge in [0, 0.05) is 43.2 Å². The summed E-state index contributed by atoms with van der Waals surface area (Å²) in [5.41, 5.74) is 0.882. The van der Waals surface area contributed by atoms with Gasteiger partial charge in [-0.2, -0.15) is 0 Å². The Hall–Kier alpha value is -2.22. The maximum Gasteiger partial charge on any atom is 0.327 e. The Morgan fingerprint density at radius 1 is 1.14 bits per heavy atom. The van der Waals surface area contributed by atoms with Crippen molar-refractivity contribution >= 4 is 14.4 Å². The summed E-state index contributed by atoms with van der Waals surface area (Å²) in [7, 11) is -1.72. The molecule has 4 atom stereocenters. The number of alkyl halides is 2. The van der Waals surface area contributed by atoms with Crippen molar-refractivity contribution in [3.63, 3.8) is 0 Å². The molecule has 1 aliphatic heterocycles. The van der Waals surface area contributed by atoms with Gasteiger partial charge in [-0.15, -0.1) is 0 Å². The molecule has 37 heavy (non-hydrogen) atoms. The molecular weight excluding hydrogens is 511 g/mol. The van der Waals surface area contributed by atoms with E-state index in [1.165, 1.54) is 25.9 Å². The smallest absolute Gasteiger partial charge is 0.327 e. The Labute approximate surface area is 216 Å². The number of rotatable bonds is 5. The molecule has 2 aromatic carbocycles. The van der Waals surface area contributed by atoms with Crippen molar-refractivity contribution in [2.75, 3.05) is 27.0 Å². The molecule has 0 saturated heterocycles. The fourth-order valence-corrected chi connectivity index (χ4v) is 5.55. The molecule has 10 heteroatoms. The van der Waals surface area contributed by atoms with E-state index < -0.39 is 30.6 Å². The first kappa shape index (κ1) is 31.0. The van der Waals surface area contributed by atoms with E-state index >= 15 is 0 Å². The van der Waals surface area contributed by atoms with Crippen LogP contribution in [0.25, 0.3) is 0 Å². The second-order valence-electron chi connectivity index (χ2n) is 9.72. The van der Waals surface area contributed by atoms with Gasteiger partial charge in [-0.3, -0.25) is 4.57 Å². The number of carbonyl (C=O) groups excluding carboxylic acids is 1. The highest BCUT2D eigenvalue weighted by Crippen LogP contribution is 2.54. The molecule has 206 valence electrons. The van der Waals surface area contributed by atoms with E-state index in [1.807, 2.05) is 20.6 Å². The van der Waals surface area contributed by atoms with E-state index in [0.717, 1.165) is 43.9 Å². The quantitative estimate of drug-likeness (QED) is 0.288. The predicted molar refractivity (Wildman–Crippen MR) is 134 cm³/mol. The molecule has 0 amide bonds. The van der Waals surface area contributed by atoms with Crippen LogP contribution in [0.3, 0.4) is 0 Å². The molecular formula is C27H35F4O5P. The summed E-state index contributed by atoms with van der Waals surface area (Å²) in [6, 6.07) is 8.55. The minimum absolute atomic E-state index is 0.0214. The van der Waals surface area contributed by atoms with E-state index in [-0.39, 0.29) is 29.8 Å². The number of hydrogen-bond acceptors (Lipinski definition) is 5. The fourth-order valence-electron chi connectivity index (χ4n) is 4.98.